The van der Waals surface area contributed by atoms with E-state index in [1.165, 1.54) is 18.2 Å². The molecular formula is C20H15F2N5O. The van der Waals surface area contributed by atoms with E-state index < -0.39 is 17.4 Å². The third-order valence-corrected chi connectivity index (χ3v) is 4.00. The van der Waals surface area contributed by atoms with Crippen LogP contribution in [0.25, 0.3) is 4.85 Å². The second-order valence-corrected chi connectivity index (χ2v) is 5.95. The molecule has 2 heterocycles. The highest BCUT2D eigenvalue weighted by molar-refractivity contribution is 5.96. The van der Waals surface area contributed by atoms with Crippen LogP contribution in [-0.4, -0.2) is 15.8 Å². The average Bonchev–Trinajstić information content (AvgIpc) is 2.69. The van der Waals surface area contributed by atoms with Crippen molar-refractivity contribution in [2.75, 3.05) is 11.1 Å². The zero-order valence-corrected chi connectivity index (χ0v) is 14.6. The lowest BCUT2D eigenvalue weighted by atomic mass is 10.0. The molecule has 0 aliphatic carbocycles. The van der Waals surface area contributed by atoms with E-state index in [9.17, 15) is 13.6 Å². The molecule has 0 amide bonds. The largest absolute Gasteiger partial charge is 0.382 e. The number of hydrogen-bond donors (Lipinski definition) is 2. The van der Waals surface area contributed by atoms with Crippen LogP contribution >= 0.6 is 0 Å². The van der Waals surface area contributed by atoms with Gasteiger partial charge in [0.25, 0.3) is 0 Å². The number of hydrogen-bond acceptors (Lipinski definition) is 5. The molecule has 0 aliphatic heterocycles. The van der Waals surface area contributed by atoms with E-state index in [0.717, 1.165) is 12.3 Å². The van der Waals surface area contributed by atoms with E-state index >= 15 is 0 Å². The summed E-state index contributed by atoms with van der Waals surface area (Å²) in [6, 6.07) is 8.61. The summed E-state index contributed by atoms with van der Waals surface area (Å²) in [6.45, 7) is 6.97. The molecule has 0 fully saturated rings. The van der Waals surface area contributed by atoms with Gasteiger partial charge in [0.1, 0.15) is 23.1 Å². The first-order chi connectivity index (χ1) is 13.5. The smallest absolute Gasteiger partial charge is 0.208 e. The minimum absolute atomic E-state index is 0.0128. The molecule has 28 heavy (non-hydrogen) atoms. The molecule has 8 heteroatoms. The Morgan fingerprint density at radius 2 is 2.00 bits per heavy atom. The normalized spacial score (nSPS) is 10.3. The number of ketones is 1. The summed E-state index contributed by atoms with van der Waals surface area (Å²) in [7, 11) is 0. The summed E-state index contributed by atoms with van der Waals surface area (Å²) in [4.78, 5) is 23.1. The van der Waals surface area contributed by atoms with Gasteiger partial charge in [-0.05, 0) is 29.8 Å². The molecule has 0 saturated heterocycles. The number of carbonyl (C=O) groups is 1. The number of benzene rings is 1. The number of rotatable bonds is 6. The molecular weight excluding hydrogens is 364 g/mol. The Morgan fingerprint density at radius 3 is 2.71 bits per heavy atom. The summed E-state index contributed by atoms with van der Waals surface area (Å²) < 4.78 is 28.1. The Labute approximate surface area is 159 Å². The minimum Gasteiger partial charge on any atom is -0.382 e. The highest BCUT2D eigenvalue weighted by atomic mass is 19.1. The van der Waals surface area contributed by atoms with E-state index in [0.29, 0.717) is 22.6 Å². The van der Waals surface area contributed by atoms with Gasteiger partial charge in [-0.2, -0.15) is 0 Å². The number of nitrogens with two attached hydrogens (primary N) is 1. The molecule has 0 spiro atoms. The van der Waals surface area contributed by atoms with E-state index in [1.807, 2.05) is 0 Å². The summed E-state index contributed by atoms with van der Waals surface area (Å²) in [5, 5.41) is 2.99. The van der Waals surface area contributed by atoms with Crippen LogP contribution in [-0.2, 0) is 13.0 Å². The predicted molar refractivity (Wildman–Crippen MR) is 101 cm³/mol. The maximum atomic E-state index is 14.1. The zero-order chi connectivity index (χ0) is 20.1. The maximum Gasteiger partial charge on any atom is 0.208 e. The molecule has 0 atom stereocenters. The number of nitrogen functional groups attached to an aromatic ring is 1. The fraction of sp³-hybridized carbons (Fsp3) is 0.100. The number of nitrogens with zero attached hydrogens (tertiary/aromatic N) is 3. The van der Waals surface area contributed by atoms with Crippen molar-refractivity contribution in [3.8, 4) is 0 Å². The topological polar surface area (TPSA) is 85.3 Å². The summed E-state index contributed by atoms with van der Waals surface area (Å²) in [6.07, 6.45) is 2.54. The Morgan fingerprint density at radius 1 is 1.18 bits per heavy atom. The van der Waals surface area contributed by atoms with Crippen molar-refractivity contribution >= 4 is 23.0 Å². The van der Waals surface area contributed by atoms with Crippen LogP contribution in [0, 0.1) is 18.2 Å². The van der Waals surface area contributed by atoms with Crippen molar-refractivity contribution in [3.63, 3.8) is 0 Å². The quantitative estimate of drug-likeness (QED) is 0.501. The van der Waals surface area contributed by atoms with E-state index in [-0.39, 0.29) is 24.3 Å². The molecule has 2 aromatic heterocycles. The first-order valence-electron chi connectivity index (χ1n) is 8.26. The molecule has 0 bridgehead atoms. The second kappa shape index (κ2) is 8.22. The van der Waals surface area contributed by atoms with Gasteiger partial charge < -0.3 is 11.1 Å². The third kappa shape index (κ3) is 4.27. The van der Waals surface area contributed by atoms with Crippen LogP contribution in [0.1, 0.15) is 21.6 Å². The predicted octanol–water partition coefficient (Wildman–Crippen LogP) is 3.93. The van der Waals surface area contributed by atoms with Crippen molar-refractivity contribution in [3.05, 3.63) is 88.7 Å². The molecule has 3 aromatic rings. The highest BCUT2D eigenvalue weighted by Crippen LogP contribution is 2.19. The zero-order valence-electron chi connectivity index (χ0n) is 14.6. The number of pyridine rings is 2. The van der Waals surface area contributed by atoms with Crippen LogP contribution in [0.4, 0.5) is 26.0 Å². The van der Waals surface area contributed by atoms with Gasteiger partial charge in [-0.25, -0.2) is 18.6 Å². The number of carbonyl (C=O) groups excluding carboxylic acids is 1. The Balaban J connectivity index is 1.75. The lowest BCUT2D eigenvalue weighted by Gasteiger charge is -2.10. The molecule has 6 nitrogen and oxygen atoms in total. The number of anilines is 2. The second-order valence-electron chi connectivity index (χ2n) is 5.95. The Hall–Kier alpha value is -3.86. The van der Waals surface area contributed by atoms with E-state index in [2.05, 4.69) is 20.1 Å². The lowest BCUT2D eigenvalue weighted by Crippen LogP contribution is -2.10. The standard InChI is InChI=1S/C20H15F2N5O/c1-24-14-9-16(22)19(27-11-14)18(28)8-12-4-5-15(21)13(7-12)10-26-17-3-2-6-25-20(17)23/h2-7,9,11,26H,8,10H2,(H2,23,25). The highest BCUT2D eigenvalue weighted by Gasteiger charge is 2.16. The molecule has 1 aromatic carbocycles. The van der Waals surface area contributed by atoms with Gasteiger partial charge in [0.05, 0.1) is 12.3 Å². The fourth-order valence-corrected chi connectivity index (χ4v) is 2.59. The molecule has 3 rings (SSSR count). The molecule has 0 radical (unpaired) electrons. The van der Waals surface area contributed by atoms with Crippen LogP contribution in [0.15, 0.2) is 48.8 Å². The van der Waals surface area contributed by atoms with Crippen LogP contribution < -0.4 is 11.1 Å². The van der Waals surface area contributed by atoms with Crippen molar-refractivity contribution in [2.24, 2.45) is 0 Å². The fourth-order valence-electron chi connectivity index (χ4n) is 2.59. The van der Waals surface area contributed by atoms with Crippen molar-refractivity contribution in [1.82, 2.24) is 9.97 Å². The number of Topliss-reactive ketones (excluding diaryl/α,β-unsaturated/α-hetero) is 1. The van der Waals surface area contributed by atoms with Gasteiger partial charge in [-0.15, -0.1) is 0 Å². The van der Waals surface area contributed by atoms with Gasteiger partial charge in [0.2, 0.25) is 5.69 Å². The van der Waals surface area contributed by atoms with Crippen molar-refractivity contribution < 1.29 is 13.6 Å². The first-order valence-corrected chi connectivity index (χ1v) is 8.26. The van der Waals surface area contributed by atoms with Crippen LogP contribution in [0.3, 0.4) is 0 Å². The Kier molecular flexibility index (Phi) is 5.56. The number of aromatic nitrogens is 2. The summed E-state index contributed by atoms with van der Waals surface area (Å²) >= 11 is 0. The van der Waals surface area contributed by atoms with Crippen molar-refractivity contribution in [2.45, 2.75) is 13.0 Å². The Bertz CT molecular complexity index is 1080. The van der Waals surface area contributed by atoms with Gasteiger partial charge in [0.15, 0.2) is 5.78 Å². The lowest BCUT2D eigenvalue weighted by molar-refractivity contribution is 0.0984. The SMILES string of the molecule is [C-]#[N+]c1cnc(C(=O)Cc2ccc(F)c(CNc3cccnc3N)c2)c(F)c1. The van der Waals surface area contributed by atoms with E-state index in [1.54, 1.807) is 18.3 Å². The number of nitrogens with one attached hydrogen (secondary N) is 1. The summed E-state index contributed by atoms with van der Waals surface area (Å²) in [5.74, 6) is -1.57. The maximum absolute atomic E-state index is 14.1. The summed E-state index contributed by atoms with van der Waals surface area (Å²) in [5.41, 5.74) is 6.81. The minimum atomic E-state index is -0.852. The molecule has 0 aliphatic rings. The van der Waals surface area contributed by atoms with Gasteiger partial charge in [-0.1, -0.05) is 12.1 Å². The van der Waals surface area contributed by atoms with Gasteiger partial charge in [-0.3, -0.25) is 9.78 Å². The van der Waals surface area contributed by atoms with E-state index in [4.69, 9.17) is 12.3 Å². The number of halogens is 2. The van der Waals surface area contributed by atoms with Gasteiger partial charge >= 0.3 is 0 Å². The third-order valence-electron chi connectivity index (χ3n) is 4.00. The van der Waals surface area contributed by atoms with Gasteiger partial charge in [0, 0.05) is 30.9 Å². The first kappa shape index (κ1) is 18.9. The molecule has 0 unspecified atom stereocenters. The molecule has 0 saturated carbocycles. The van der Waals surface area contributed by atoms with Crippen LogP contribution in [0.5, 0.6) is 0 Å². The van der Waals surface area contributed by atoms with Crippen molar-refractivity contribution in [1.29, 1.82) is 0 Å². The molecule has 3 N–H and O–H groups in total. The monoisotopic (exact) mass is 379 g/mol. The molecule has 140 valence electrons. The van der Waals surface area contributed by atoms with Crippen LogP contribution in [0.2, 0.25) is 0 Å². The average molecular weight is 379 g/mol.